The molecule has 10 heteroatoms. The van der Waals surface area contributed by atoms with Crippen LogP contribution in [0.5, 0.6) is 0 Å². The Hall–Kier alpha value is -3.38. The molecule has 9 nitrogen and oxygen atoms in total. The van der Waals surface area contributed by atoms with Crippen LogP contribution in [0, 0.1) is 0 Å². The van der Waals surface area contributed by atoms with E-state index in [0.717, 1.165) is 16.7 Å². The van der Waals surface area contributed by atoms with E-state index in [0.29, 0.717) is 0 Å². The van der Waals surface area contributed by atoms with Crippen molar-refractivity contribution in [2.24, 2.45) is 0 Å². The average Bonchev–Trinajstić information content (AvgIpc) is 3.04. The molecule has 0 amide bonds. The molecule has 0 bridgehead atoms. The van der Waals surface area contributed by atoms with Gasteiger partial charge < -0.3 is 33.2 Å². The zero-order valence-electron chi connectivity index (χ0n) is 29.1. The summed E-state index contributed by atoms with van der Waals surface area (Å²) in [6.45, 7) is 13.1. The lowest BCUT2D eigenvalue weighted by Gasteiger charge is -2.55. The van der Waals surface area contributed by atoms with Crippen LogP contribution in [0.1, 0.15) is 51.3 Å². The van der Waals surface area contributed by atoms with Crippen molar-refractivity contribution in [2.45, 2.75) is 109 Å². The minimum Gasteiger partial charge on any atom is -0.457 e. The molecule has 0 radical (unpaired) electrons. The fourth-order valence-electron chi connectivity index (χ4n) is 5.60. The van der Waals surface area contributed by atoms with Crippen LogP contribution in [0.3, 0.4) is 0 Å². The number of rotatable bonds is 14. The molecular formula is C38H50O9Si. The predicted molar refractivity (Wildman–Crippen MR) is 184 cm³/mol. The summed E-state index contributed by atoms with van der Waals surface area (Å²) in [7, 11) is -2.64. The third-order valence-corrected chi connectivity index (χ3v) is 13.6. The van der Waals surface area contributed by atoms with Crippen molar-refractivity contribution in [3.8, 4) is 0 Å². The molecule has 3 aromatic carbocycles. The molecule has 260 valence electrons. The van der Waals surface area contributed by atoms with Gasteiger partial charge in [0.05, 0.1) is 26.4 Å². The summed E-state index contributed by atoms with van der Waals surface area (Å²) in [6, 6.07) is 28.6. The van der Waals surface area contributed by atoms with Crippen molar-refractivity contribution >= 4 is 20.3 Å². The van der Waals surface area contributed by atoms with E-state index in [1.165, 1.54) is 13.8 Å². The summed E-state index contributed by atoms with van der Waals surface area (Å²) < 4.78 is 38.6. The number of esters is 2. The fourth-order valence-corrected chi connectivity index (χ4v) is 6.90. The molecule has 0 aromatic heterocycles. The molecule has 4 rings (SSSR count). The van der Waals surface area contributed by atoms with Crippen molar-refractivity contribution in [1.29, 1.82) is 0 Å². The lowest BCUT2D eigenvalue weighted by Crippen LogP contribution is -2.76. The molecule has 48 heavy (non-hydrogen) atoms. The summed E-state index contributed by atoms with van der Waals surface area (Å²) in [5.41, 5.74) is 0.888. The van der Waals surface area contributed by atoms with Gasteiger partial charge in [0.25, 0.3) is 0 Å². The number of carbonyl (C=O) groups is 2. The van der Waals surface area contributed by atoms with E-state index >= 15 is 0 Å². The predicted octanol–water partition coefficient (Wildman–Crippen LogP) is 6.37. The van der Waals surface area contributed by atoms with Gasteiger partial charge >= 0.3 is 11.9 Å². The SMILES string of the molecule is CC(=O)O[C@H]1[C@H](OCc2ccccc2)[C@@H](OC(C)=O)[C@](COCc2ccccc2)(OCc2ccccc2)[C@@H](O)[C@H]1O[Si](C)(C)C(C)(C)C. The highest BCUT2D eigenvalue weighted by atomic mass is 28.4. The lowest BCUT2D eigenvalue weighted by molar-refractivity contribution is -0.308. The van der Waals surface area contributed by atoms with Crippen LogP contribution >= 0.6 is 0 Å². The third-order valence-electron chi connectivity index (χ3n) is 9.15. The second-order valence-corrected chi connectivity index (χ2v) is 18.6. The van der Waals surface area contributed by atoms with Crippen molar-refractivity contribution in [3.63, 3.8) is 0 Å². The molecule has 0 spiro atoms. The van der Waals surface area contributed by atoms with E-state index in [-0.39, 0.29) is 31.5 Å². The van der Waals surface area contributed by atoms with Gasteiger partial charge in [0.1, 0.15) is 18.3 Å². The van der Waals surface area contributed by atoms with Crippen LogP contribution in [0.15, 0.2) is 91.0 Å². The lowest BCUT2D eigenvalue weighted by atomic mass is 9.74. The number of aliphatic hydroxyl groups excluding tert-OH is 1. The normalized spacial score (nSPS) is 24.5. The van der Waals surface area contributed by atoms with E-state index in [1.54, 1.807) is 0 Å². The Morgan fingerprint density at radius 2 is 1.19 bits per heavy atom. The van der Waals surface area contributed by atoms with Gasteiger partial charge in [-0.2, -0.15) is 0 Å². The summed E-state index contributed by atoms with van der Waals surface area (Å²) in [5, 5.41) is 12.3. The van der Waals surface area contributed by atoms with Gasteiger partial charge in [-0.05, 0) is 34.8 Å². The van der Waals surface area contributed by atoms with Crippen molar-refractivity contribution in [2.75, 3.05) is 6.61 Å². The van der Waals surface area contributed by atoms with Gasteiger partial charge in [-0.25, -0.2) is 0 Å². The monoisotopic (exact) mass is 678 g/mol. The van der Waals surface area contributed by atoms with E-state index in [2.05, 4.69) is 33.9 Å². The Balaban J connectivity index is 1.87. The molecule has 0 aliphatic heterocycles. The highest BCUT2D eigenvalue weighted by molar-refractivity contribution is 6.74. The first-order valence-corrected chi connectivity index (χ1v) is 19.3. The molecule has 0 saturated heterocycles. The van der Waals surface area contributed by atoms with Crippen molar-refractivity contribution in [3.05, 3.63) is 108 Å². The molecule has 0 unspecified atom stereocenters. The zero-order chi connectivity index (χ0) is 35.0. The summed E-state index contributed by atoms with van der Waals surface area (Å²) in [4.78, 5) is 25.6. The van der Waals surface area contributed by atoms with Gasteiger partial charge in [-0.15, -0.1) is 0 Å². The maximum atomic E-state index is 12.9. The Labute approximate surface area is 285 Å². The van der Waals surface area contributed by atoms with Crippen LogP contribution in [0.25, 0.3) is 0 Å². The largest absolute Gasteiger partial charge is 0.457 e. The molecule has 1 N–H and O–H groups in total. The van der Waals surface area contributed by atoms with Crippen LogP contribution < -0.4 is 0 Å². The van der Waals surface area contributed by atoms with E-state index in [1.807, 2.05) is 91.0 Å². The average molecular weight is 679 g/mol. The van der Waals surface area contributed by atoms with Crippen LogP contribution in [0.4, 0.5) is 0 Å². The molecule has 6 atom stereocenters. The van der Waals surface area contributed by atoms with E-state index in [9.17, 15) is 14.7 Å². The van der Waals surface area contributed by atoms with Gasteiger partial charge in [-0.3, -0.25) is 9.59 Å². The molecular weight excluding hydrogens is 628 g/mol. The smallest absolute Gasteiger partial charge is 0.303 e. The maximum absolute atomic E-state index is 12.9. The van der Waals surface area contributed by atoms with E-state index in [4.69, 9.17) is 28.1 Å². The second kappa shape index (κ2) is 16.3. The highest BCUT2D eigenvalue weighted by Crippen LogP contribution is 2.45. The Bertz CT molecular complexity index is 1450. The Kier molecular flexibility index (Phi) is 12.7. The number of ether oxygens (including phenoxy) is 5. The fraction of sp³-hybridized carbons (Fsp3) is 0.474. The van der Waals surface area contributed by atoms with Crippen LogP contribution in [-0.2, 0) is 57.5 Å². The topological polar surface area (TPSA) is 110 Å². The quantitative estimate of drug-likeness (QED) is 0.154. The van der Waals surface area contributed by atoms with Gasteiger partial charge in [0, 0.05) is 13.8 Å². The molecule has 1 aliphatic carbocycles. The van der Waals surface area contributed by atoms with E-state index < -0.39 is 56.4 Å². The number of aliphatic hydroxyl groups is 1. The number of hydrogen-bond acceptors (Lipinski definition) is 9. The number of benzene rings is 3. The summed E-state index contributed by atoms with van der Waals surface area (Å²) in [5.74, 6) is -1.22. The first-order valence-electron chi connectivity index (χ1n) is 16.4. The third kappa shape index (κ3) is 9.40. The van der Waals surface area contributed by atoms with Gasteiger partial charge in [0.2, 0.25) is 0 Å². The summed E-state index contributed by atoms with van der Waals surface area (Å²) >= 11 is 0. The molecule has 0 heterocycles. The maximum Gasteiger partial charge on any atom is 0.303 e. The Morgan fingerprint density at radius 1 is 0.708 bits per heavy atom. The van der Waals surface area contributed by atoms with Crippen LogP contribution in [0.2, 0.25) is 18.1 Å². The molecule has 1 aliphatic rings. The zero-order valence-corrected chi connectivity index (χ0v) is 30.1. The first-order chi connectivity index (χ1) is 22.7. The minimum atomic E-state index is -2.64. The number of hydrogen-bond donors (Lipinski definition) is 1. The molecule has 1 fully saturated rings. The van der Waals surface area contributed by atoms with Crippen molar-refractivity contribution in [1.82, 2.24) is 0 Å². The highest BCUT2D eigenvalue weighted by Gasteiger charge is 2.65. The minimum absolute atomic E-state index is 0.0564. The second-order valence-electron chi connectivity index (χ2n) is 13.9. The standard InChI is InChI=1S/C38H50O9Si/c1-27(39)45-32-33(47-48(6,7)37(3,4)5)35(41)38(44-25-31-21-15-10-16-22-31,26-42-23-29-17-11-8-12-18-29)36(46-28(2)40)34(32)43-24-30-19-13-9-14-20-30/h8-22,32-36,41H,23-26H2,1-7H3/t32-,33+,34+,35+,36-,38-/m1/s1. The Morgan fingerprint density at radius 3 is 1.67 bits per heavy atom. The molecule has 1 saturated carbocycles. The van der Waals surface area contributed by atoms with Gasteiger partial charge in [-0.1, -0.05) is 112 Å². The molecule has 3 aromatic rings. The first kappa shape index (κ1) is 37.4. The number of carbonyl (C=O) groups excluding carboxylic acids is 2. The van der Waals surface area contributed by atoms with Gasteiger partial charge in [0.15, 0.2) is 26.1 Å². The van der Waals surface area contributed by atoms with Crippen molar-refractivity contribution < 1.29 is 42.8 Å². The summed E-state index contributed by atoms with van der Waals surface area (Å²) in [6.07, 6.45) is -6.11. The van der Waals surface area contributed by atoms with Crippen LogP contribution in [-0.4, -0.2) is 68.1 Å².